The molecule has 19 heavy (non-hydrogen) atoms. The van der Waals surface area contributed by atoms with Crippen molar-refractivity contribution >= 4 is 27.5 Å². The van der Waals surface area contributed by atoms with Gasteiger partial charge in [0.15, 0.2) is 0 Å². The van der Waals surface area contributed by atoms with E-state index in [1.807, 2.05) is 13.8 Å². The molecule has 0 spiro atoms. The predicted octanol–water partition coefficient (Wildman–Crippen LogP) is 2.56. The summed E-state index contributed by atoms with van der Waals surface area (Å²) >= 11 is 3.32. The van der Waals surface area contributed by atoms with Crippen molar-refractivity contribution in [1.82, 2.24) is 5.32 Å². The summed E-state index contributed by atoms with van der Waals surface area (Å²) in [6.07, 6.45) is 1.28. The Hall–Kier alpha value is -1.07. The van der Waals surface area contributed by atoms with Gasteiger partial charge in [-0.2, -0.15) is 0 Å². The molecule has 0 radical (unpaired) electrons. The van der Waals surface area contributed by atoms with E-state index in [4.69, 9.17) is 5.73 Å². The van der Waals surface area contributed by atoms with Crippen molar-refractivity contribution in [3.05, 3.63) is 28.2 Å². The number of hydrogen-bond acceptors (Lipinski definition) is 3. The Bertz CT molecular complexity index is 433. The Balaban J connectivity index is 2.63. The molecule has 1 rings (SSSR count). The van der Waals surface area contributed by atoms with Gasteiger partial charge in [-0.15, -0.1) is 0 Å². The zero-order valence-corrected chi connectivity index (χ0v) is 12.9. The van der Waals surface area contributed by atoms with E-state index in [0.29, 0.717) is 15.7 Å². The molecule has 4 nitrogen and oxygen atoms in total. The Morgan fingerprint density at radius 1 is 1.42 bits per heavy atom. The first-order valence-corrected chi connectivity index (χ1v) is 7.30. The first-order valence-electron chi connectivity index (χ1n) is 6.50. The Labute approximate surface area is 122 Å². The minimum absolute atomic E-state index is 0.213. The maximum Gasteiger partial charge on any atom is 0.252 e. The van der Waals surface area contributed by atoms with E-state index in [1.54, 1.807) is 18.2 Å². The molecule has 0 bridgehead atoms. The van der Waals surface area contributed by atoms with Gasteiger partial charge in [0.25, 0.3) is 5.91 Å². The SMILES string of the molecule is CCC(CC)C(O)CNC(=O)c1cc(N)ccc1Br. The number of nitrogen functional groups attached to an aromatic ring is 1. The second kappa shape index (κ2) is 7.50. The summed E-state index contributed by atoms with van der Waals surface area (Å²) in [7, 11) is 0. The zero-order valence-electron chi connectivity index (χ0n) is 11.3. The van der Waals surface area contributed by atoms with Crippen LogP contribution in [-0.2, 0) is 0 Å². The molecule has 0 aliphatic carbocycles. The highest BCUT2D eigenvalue weighted by atomic mass is 79.9. The van der Waals surface area contributed by atoms with Gasteiger partial charge in [-0.1, -0.05) is 26.7 Å². The van der Waals surface area contributed by atoms with Gasteiger partial charge in [0, 0.05) is 16.7 Å². The van der Waals surface area contributed by atoms with E-state index in [-0.39, 0.29) is 18.4 Å². The highest BCUT2D eigenvalue weighted by Gasteiger charge is 2.17. The predicted molar refractivity (Wildman–Crippen MR) is 81.0 cm³/mol. The number of benzene rings is 1. The summed E-state index contributed by atoms with van der Waals surface area (Å²) in [5, 5.41) is 12.7. The number of anilines is 1. The van der Waals surface area contributed by atoms with E-state index in [1.165, 1.54) is 0 Å². The van der Waals surface area contributed by atoms with Crippen LogP contribution in [0.3, 0.4) is 0 Å². The summed E-state index contributed by atoms with van der Waals surface area (Å²) in [4.78, 5) is 12.0. The molecule has 0 saturated carbocycles. The molecule has 1 aromatic rings. The minimum atomic E-state index is -0.515. The van der Waals surface area contributed by atoms with Gasteiger partial charge in [-0.25, -0.2) is 0 Å². The molecule has 0 saturated heterocycles. The van der Waals surface area contributed by atoms with Crippen molar-refractivity contribution in [2.24, 2.45) is 5.92 Å². The normalized spacial score (nSPS) is 12.5. The van der Waals surface area contributed by atoms with Gasteiger partial charge >= 0.3 is 0 Å². The monoisotopic (exact) mass is 328 g/mol. The van der Waals surface area contributed by atoms with Crippen LogP contribution in [0, 0.1) is 5.92 Å². The number of nitrogens with one attached hydrogen (secondary N) is 1. The number of rotatable bonds is 6. The number of carbonyl (C=O) groups excluding carboxylic acids is 1. The standard InChI is InChI=1S/C14H21BrN2O2/c1-3-9(4-2)13(18)8-17-14(19)11-7-10(16)5-6-12(11)15/h5-7,9,13,18H,3-4,8,16H2,1-2H3,(H,17,19). The molecule has 0 aliphatic heterocycles. The van der Waals surface area contributed by atoms with Gasteiger partial charge in [0.1, 0.15) is 0 Å². The average Bonchev–Trinajstić information content (AvgIpc) is 2.40. The highest BCUT2D eigenvalue weighted by Crippen LogP contribution is 2.19. The molecule has 106 valence electrons. The lowest BCUT2D eigenvalue weighted by molar-refractivity contribution is 0.0816. The van der Waals surface area contributed by atoms with Gasteiger partial charge in [-0.05, 0) is 40.0 Å². The lowest BCUT2D eigenvalue weighted by Crippen LogP contribution is -2.36. The maximum absolute atomic E-state index is 12.0. The largest absolute Gasteiger partial charge is 0.399 e. The molecule has 5 heteroatoms. The number of nitrogens with two attached hydrogens (primary N) is 1. The lowest BCUT2D eigenvalue weighted by atomic mass is 9.96. The molecule has 0 fully saturated rings. The van der Waals surface area contributed by atoms with E-state index in [9.17, 15) is 9.90 Å². The third-order valence-corrected chi connectivity index (χ3v) is 3.99. The van der Waals surface area contributed by atoms with Crippen LogP contribution >= 0.6 is 15.9 Å². The van der Waals surface area contributed by atoms with Gasteiger partial charge < -0.3 is 16.2 Å². The van der Waals surface area contributed by atoms with Gasteiger partial charge in [-0.3, -0.25) is 4.79 Å². The lowest BCUT2D eigenvalue weighted by Gasteiger charge is -2.20. The number of aliphatic hydroxyl groups excluding tert-OH is 1. The van der Waals surface area contributed by atoms with E-state index < -0.39 is 6.10 Å². The smallest absolute Gasteiger partial charge is 0.252 e. The number of hydrogen-bond donors (Lipinski definition) is 3. The summed E-state index contributed by atoms with van der Waals surface area (Å²) in [5.74, 6) is -0.0197. The van der Waals surface area contributed by atoms with Gasteiger partial charge in [0.05, 0.1) is 11.7 Å². The summed E-state index contributed by atoms with van der Waals surface area (Å²) in [6, 6.07) is 5.07. The van der Waals surface area contributed by atoms with Crippen LogP contribution in [0.15, 0.2) is 22.7 Å². The third kappa shape index (κ3) is 4.51. The van der Waals surface area contributed by atoms with Crippen molar-refractivity contribution in [2.75, 3.05) is 12.3 Å². The van der Waals surface area contributed by atoms with Crippen molar-refractivity contribution in [1.29, 1.82) is 0 Å². The molecular formula is C14H21BrN2O2. The van der Waals surface area contributed by atoms with Crippen LogP contribution in [0.2, 0.25) is 0 Å². The fourth-order valence-corrected chi connectivity index (χ4v) is 2.44. The molecular weight excluding hydrogens is 308 g/mol. The van der Waals surface area contributed by atoms with Crippen molar-refractivity contribution in [2.45, 2.75) is 32.8 Å². The number of aliphatic hydroxyl groups is 1. The summed E-state index contributed by atoms with van der Waals surface area (Å²) in [5.41, 5.74) is 6.68. The molecule has 1 amide bonds. The van der Waals surface area contributed by atoms with Crippen molar-refractivity contribution in [3.63, 3.8) is 0 Å². The van der Waals surface area contributed by atoms with E-state index in [0.717, 1.165) is 12.8 Å². The molecule has 4 N–H and O–H groups in total. The highest BCUT2D eigenvalue weighted by molar-refractivity contribution is 9.10. The average molecular weight is 329 g/mol. The van der Waals surface area contributed by atoms with Crippen LogP contribution in [0.5, 0.6) is 0 Å². The van der Waals surface area contributed by atoms with Crippen LogP contribution in [0.25, 0.3) is 0 Å². The fourth-order valence-electron chi connectivity index (χ4n) is 2.01. The van der Waals surface area contributed by atoms with Crippen molar-refractivity contribution < 1.29 is 9.90 Å². The number of amides is 1. The Morgan fingerprint density at radius 3 is 2.63 bits per heavy atom. The maximum atomic E-state index is 12.0. The number of carbonyl (C=O) groups is 1. The molecule has 0 aliphatic rings. The topological polar surface area (TPSA) is 75.3 Å². The van der Waals surface area contributed by atoms with E-state index in [2.05, 4.69) is 21.2 Å². The Morgan fingerprint density at radius 2 is 2.05 bits per heavy atom. The molecule has 1 aromatic carbocycles. The Kier molecular flexibility index (Phi) is 6.31. The van der Waals surface area contributed by atoms with Crippen LogP contribution in [0.4, 0.5) is 5.69 Å². The molecule has 0 heterocycles. The van der Waals surface area contributed by atoms with Gasteiger partial charge in [0.2, 0.25) is 0 Å². The third-order valence-electron chi connectivity index (χ3n) is 3.30. The second-order valence-corrected chi connectivity index (χ2v) is 5.45. The number of halogens is 1. The van der Waals surface area contributed by atoms with Crippen molar-refractivity contribution in [3.8, 4) is 0 Å². The second-order valence-electron chi connectivity index (χ2n) is 4.59. The quantitative estimate of drug-likeness (QED) is 0.702. The first-order chi connectivity index (χ1) is 8.99. The van der Waals surface area contributed by atoms with Crippen LogP contribution < -0.4 is 11.1 Å². The summed E-state index contributed by atoms with van der Waals surface area (Å²) < 4.78 is 0.691. The zero-order chi connectivity index (χ0) is 14.4. The fraction of sp³-hybridized carbons (Fsp3) is 0.500. The minimum Gasteiger partial charge on any atom is -0.399 e. The molecule has 1 unspecified atom stereocenters. The van der Waals surface area contributed by atoms with E-state index >= 15 is 0 Å². The molecule has 1 atom stereocenters. The first kappa shape index (κ1) is 16.0. The van der Waals surface area contributed by atoms with Crippen LogP contribution in [0.1, 0.15) is 37.0 Å². The molecule has 0 aromatic heterocycles. The van der Waals surface area contributed by atoms with Crippen LogP contribution in [-0.4, -0.2) is 23.7 Å². The summed E-state index contributed by atoms with van der Waals surface area (Å²) in [6.45, 7) is 4.33.